The van der Waals surface area contributed by atoms with Gasteiger partial charge in [-0.25, -0.2) is 0 Å². The fourth-order valence-corrected chi connectivity index (χ4v) is 2.20. The number of benzene rings is 1. The maximum absolute atomic E-state index is 11.8. The van der Waals surface area contributed by atoms with Crippen molar-refractivity contribution < 1.29 is 9.59 Å². The second-order valence-electron chi connectivity index (χ2n) is 4.46. The highest BCUT2D eigenvalue weighted by Crippen LogP contribution is 2.29. The molecule has 2 amide bonds. The number of halogens is 2. The zero-order chi connectivity index (χ0) is 15.9. The van der Waals surface area contributed by atoms with Crippen molar-refractivity contribution >= 4 is 40.7 Å². The average molecular weight is 338 g/mol. The Kier molecular flexibility index (Phi) is 5.75. The number of nitrogens with one attached hydrogen (secondary N) is 2. The maximum Gasteiger partial charge on any atom is 0.233 e. The molecule has 0 saturated heterocycles. The number of amides is 2. The van der Waals surface area contributed by atoms with Gasteiger partial charge in [-0.1, -0.05) is 35.3 Å². The molecule has 0 fully saturated rings. The Balaban J connectivity index is 1.85. The molecule has 0 saturated carbocycles. The normalized spacial score (nSPS) is 10.1. The molecular weight excluding hydrogens is 325 g/mol. The van der Waals surface area contributed by atoms with E-state index in [1.165, 1.54) is 0 Å². The number of para-hydroxylation sites is 1. The van der Waals surface area contributed by atoms with E-state index in [1.807, 2.05) is 6.07 Å². The van der Waals surface area contributed by atoms with Crippen molar-refractivity contribution in [3.63, 3.8) is 0 Å². The van der Waals surface area contributed by atoms with Crippen LogP contribution in [0.2, 0.25) is 10.0 Å². The summed E-state index contributed by atoms with van der Waals surface area (Å²) in [5.41, 5.74) is 1.15. The van der Waals surface area contributed by atoms with E-state index in [0.29, 0.717) is 22.3 Å². The first-order chi connectivity index (χ1) is 10.6. The summed E-state index contributed by atoms with van der Waals surface area (Å²) in [6, 6.07) is 8.47. The minimum Gasteiger partial charge on any atom is -0.352 e. The molecule has 7 heteroatoms. The van der Waals surface area contributed by atoms with E-state index in [-0.39, 0.29) is 6.42 Å². The zero-order valence-electron chi connectivity index (χ0n) is 11.5. The highest BCUT2D eigenvalue weighted by molar-refractivity contribution is 6.39. The fourth-order valence-electron chi connectivity index (χ4n) is 1.71. The number of pyridine rings is 1. The summed E-state index contributed by atoms with van der Waals surface area (Å²) < 4.78 is 0. The largest absolute Gasteiger partial charge is 0.352 e. The van der Waals surface area contributed by atoms with Crippen LogP contribution in [0.25, 0.3) is 0 Å². The van der Waals surface area contributed by atoms with Gasteiger partial charge in [-0.3, -0.25) is 14.6 Å². The van der Waals surface area contributed by atoms with Crippen molar-refractivity contribution in [3.05, 3.63) is 58.3 Å². The van der Waals surface area contributed by atoms with Crippen LogP contribution < -0.4 is 10.6 Å². The van der Waals surface area contributed by atoms with Gasteiger partial charge in [0.2, 0.25) is 11.8 Å². The molecule has 114 valence electrons. The molecule has 22 heavy (non-hydrogen) atoms. The minimum absolute atomic E-state index is 0.302. The highest BCUT2D eigenvalue weighted by Gasteiger charge is 2.13. The smallest absolute Gasteiger partial charge is 0.233 e. The lowest BCUT2D eigenvalue weighted by Gasteiger charge is -2.09. The third kappa shape index (κ3) is 4.72. The van der Waals surface area contributed by atoms with Crippen molar-refractivity contribution in [2.75, 3.05) is 5.32 Å². The topological polar surface area (TPSA) is 71.1 Å². The van der Waals surface area contributed by atoms with Crippen molar-refractivity contribution in [1.82, 2.24) is 10.3 Å². The number of hydrogen-bond donors (Lipinski definition) is 2. The molecule has 0 aliphatic carbocycles. The van der Waals surface area contributed by atoms with Gasteiger partial charge < -0.3 is 10.6 Å². The molecule has 0 atom stereocenters. The van der Waals surface area contributed by atoms with Gasteiger partial charge in [0.15, 0.2) is 0 Å². The van der Waals surface area contributed by atoms with Crippen molar-refractivity contribution in [1.29, 1.82) is 0 Å². The second kappa shape index (κ2) is 7.77. The van der Waals surface area contributed by atoms with Gasteiger partial charge in [-0.2, -0.15) is 0 Å². The summed E-state index contributed by atoms with van der Waals surface area (Å²) in [5.74, 6) is -0.886. The third-order valence-electron chi connectivity index (χ3n) is 2.76. The van der Waals surface area contributed by atoms with E-state index in [1.54, 1.807) is 36.7 Å². The first kappa shape index (κ1) is 16.3. The Morgan fingerprint density at radius 1 is 1.05 bits per heavy atom. The lowest BCUT2D eigenvalue weighted by molar-refractivity contribution is -0.126. The van der Waals surface area contributed by atoms with E-state index >= 15 is 0 Å². The molecule has 5 nitrogen and oxygen atoms in total. The molecule has 2 rings (SSSR count). The van der Waals surface area contributed by atoms with Crippen molar-refractivity contribution in [3.8, 4) is 0 Å². The van der Waals surface area contributed by atoms with E-state index in [2.05, 4.69) is 15.6 Å². The predicted octanol–water partition coefficient (Wildman–Crippen LogP) is 3.03. The van der Waals surface area contributed by atoms with Crippen LogP contribution in [0.4, 0.5) is 5.69 Å². The van der Waals surface area contributed by atoms with Crippen LogP contribution in [0.3, 0.4) is 0 Å². The quantitative estimate of drug-likeness (QED) is 0.823. The number of nitrogens with zero attached hydrogens (tertiary/aromatic N) is 1. The predicted molar refractivity (Wildman–Crippen MR) is 85.8 cm³/mol. The number of carbonyl (C=O) groups excluding carboxylic acids is 2. The molecule has 0 aliphatic rings. The lowest BCUT2D eigenvalue weighted by Crippen LogP contribution is -2.27. The van der Waals surface area contributed by atoms with E-state index < -0.39 is 11.8 Å². The minimum atomic E-state index is -0.487. The maximum atomic E-state index is 11.8. The number of carbonyl (C=O) groups is 2. The van der Waals surface area contributed by atoms with Gasteiger partial charge in [-0.15, -0.1) is 0 Å². The number of aromatic nitrogens is 1. The van der Waals surface area contributed by atoms with Crippen LogP contribution in [0.15, 0.2) is 42.7 Å². The van der Waals surface area contributed by atoms with Crippen LogP contribution in [0, 0.1) is 0 Å². The first-order valence-electron chi connectivity index (χ1n) is 6.45. The fraction of sp³-hybridized carbons (Fsp3) is 0.133. The number of hydrogen-bond acceptors (Lipinski definition) is 3. The average Bonchev–Trinajstić information content (AvgIpc) is 2.50. The SMILES string of the molecule is O=C(CC(=O)Nc1c(Cl)cccc1Cl)NCc1cccnc1. The van der Waals surface area contributed by atoms with Crippen LogP contribution in [0.1, 0.15) is 12.0 Å². The summed E-state index contributed by atoms with van der Waals surface area (Å²) in [7, 11) is 0. The molecule has 0 unspecified atom stereocenters. The summed E-state index contributed by atoms with van der Waals surface area (Å²) in [4.78, 5) is 27.5. The molecule has 1 aromatic carbocycles. The first-order valence-corrected chi connectivity index (χ1v) is 7.21. The summed E-state index contributed by atoms with van der Waals surface area (Å²) in [6.07, 6.45) is 2.97. The Labute approximate surface area is 137 Å². The molecule has 0 bridgehead atoms. The molecule has 0 radical (unpaired) electrons. The van der Waals surface area contributed by atoms with Gasteiger partial charge in [-0.05, 0) is 23.8 Å². The van der Waals surface area contributed by atoms with Gasteiger partial charge in [0.25, 0.3) is 0 Å². The third-order valence-corrected chi connectivity index (χ3v) is 3.39. The molecule has 0 aliphatic heterocycles. The molecule has 1 aromatic heterocycles. The standard InChI is InChI=1S/C15H13Cl2N3O2/c16-11-4-1-5-12(17)15(11)20-14(22)7-13(21)19-9-10-3-2-6-18-8-10/h1-6,8H,7,9H2,(H,19,21)(H,20,22). The second-order valence-corrected chi connectivity index (χ2v) is 5.27. The molecular formula is C15H13Cl2N3O2. The van der Waals surface area contributed by atoms with Crippen molar-refractivity contribution in [2.24, 2.45) is 0 Å². The summed E-state index contributed by atoms with van der Waals surface area (Å²) >= 11 is 11.9. The number of anilines is 1. The molecule has 0 spiro atoms. The van der Waals surface area contributed by atoms with Crippen LogP contribution >= 0.6 is 23.2 Å². The van der Waals surface area contributed by atoms with Gasteiger partial charge >= 0.3 is 0 Å². The van der Waals surface area contributed by atoms with Crippen molar-refractivity contribution in [2.45, 2.75) is 13.0 Å². The van der Waals surface area contributed by atoms with Gasteiger partial charge in [0.05, 0.1) is 15.7 Å². The monoisotopic (exact) mass is 337 g/mol. The van der Waals surface area contributed by atoms with Crippen LogP contribution in [0.5, 0.6) is 0 Å². The Morgan fingerprint density at radius 2 is 1.77 bits per heavy atom. The number of rotatable bonds is 5. The Hall–Kier alpha value is -2.11. The Bertz CT molecular complexity index is 657. The van der Waals surface area contributed by atoms with E-state index in [0.717, 1.165) is 5.56 Å². The van der Waals surface area contributed by atoms with E-state index in [4.69, 9.17) is 23.2 Å². The van der Waals surface area contributed by atoms with Crippen LogP contribution in [-0.2, 0) is 16.1 Å². The van der Waals surface area contributed by atoms with Crippen LogP contribution in [-0.4, -0.2) is 16.8 Å². The molecule has 2 aromatic rings. The lowest BCUT2D eigenvalue weighted by atomic mass is 10.2. The van der Waals surface area contributed by atoms with E-state index in [9.17, 15) is 9.59 Å². The molecule has 1 heterocycles. The van der Waals surface area contributed by atoms with Gasteiger partial charge in [0.1, 0.15) is 6.42 Å². The highest BCUT2D eigenvalue weighted by atomic mass is 35.5. The summed E-state index contributed by atoms with van der Waals surface area (Å²) in [5, 5.41) is 5.80. The zero-order valence-corrected chi connectivity index (χ0v) is 13.0. The summed E-state index contributed by atoms with van der Waals surface area (Å²) in [6.45, 7) is 0.312. The molecule has 2 N–H and O–H groups in total. The Morgan fingerprint density at radius 3 is 2.41 bits per heavy atom. The van der Waals surface area contributed by atoms with Gasteiger partial charge in [0, 0.05) is 18.9 Å².